The molecule has 2 saturated heterocycles. The van der Waals surface area contributed by atoms with Crippen LogP contribution < -0.4 is 0 Å². The van der Waals surface area contributed by atoms with E-state index in [9.17, 15) is 9.59 Å². The molecule has 2 heterocycles. The standard InChI is InChI=1S/2C11H14.2C7H12O2/c2*1-9-5-4-7-10-6-2-3-8-11(9)10;2*1-5-6(8)9-4-7(5,2)3/h2*2-3,6,8-9H,4-5,7H2,1H3;2*5H,4H2,1-3H3/t2*9-;2*5-/m1010/s1. The Bertz CT molecular complexity index is 1040. The van der Waals surface area contributed by atoms with Gasteiger partial charge < -0.3 is 9.47 Å². The van der Waals surface area contributed by atoms with Crippen LogP contribution in [0.5, 0.6) is 0 Å². The molecule has 2 aromatic rings. The number of benzene rings is 2. The van der Waals surface area contributed by atoms with E-state index in [1.54, 1.807) is 22.3 Å². The Balaban J connectivity index is 0.000000148. The predicted molar refractivity (Wildman–Crippen MR) is 163 cm³/mol. The second-order valence-electron chi connectivity index (χ2n) is 13.6. The van der Waals surface area contributed by atoms with Crippen molar-refractivity contribution in [3.8, 4) is 0 Å². The maximum Gasteiger partial charge on any atom is 0.309 e. The molecule has 4 aliphatic rings. The zero-order valence-electron chi connectivity index (χ0n) is 26.2. The van der Waals surface area contributed by atoms with E-state index in [4.69, 9.17) is 9.47 Å². The summed E-state index contributed by atoms with van der Waals surface area (Å²) in [5.41, 5.74) is 6.42. The predicted octanol–water partition coefficient (Wildman–Crippen LogP) is 8.66. The van der Waals surface area contributed by atoms with Gasteiger partial charge in [-0.25, -0.2) is 0 Å². The van der Waals surface area contributed by atoms with Gasteiger partial charge in [0.1, 0.15) is 0 Å². The first-order valence-corrected chi connectivity index (χ1v) is 15.3. The summed E-state index contributed by atoms with van der Waals surface area (Å²) in [5, 5.41) is 0. The number of rotatable bonds is 0. The first-order chi connectivity index (χ1) is 18.8. The van der Waals surface area contributed by atoms with Gasteiger partial charge in [0, 0.05) is 10.8 Å². The number of hydrogen-bond acceptors (Lipinski definition) is 4. The largest absolute Gasteiger partial charge is 0.465 e. The van der Waals surface area contributed by atoms with Crippen LogP contribution in [0.3, 0.4) is 0 Å². The lowest BCUT2D eigenvalue weighted by Crippen LogP contribution is -2.20. The summed E-state index contributed by atoms with van der Waals surface area (Å²) in [4.78, 5) is 21.5. The molecule has 0 unspecified atom stereocenters. The summed E-state index contributed by atoms with van der Waals surface area (Å²) in [6.07, 6.45) is 8.07. The number of aryl methyl sites for hydroxylation is 2. The fraction of sp³-hybridized carbons (Fsp3) is 0.611. The van der Waals surface area contributed by atoms with E-state index in [-0.39, 0.29) is 34.6 Å². The average molecular weight is 549 g/mol. The summed E-state index contributed by atoms with van der Waals surface area (Å²) in [5.74, 6) is 1.61. The van der Waals surface area contributed by atoms with Crippen LogP contribution in [-0.2, 0) is 31.9 Å². The van der Waals surface area contributed by atoms with Crippen LogP contribution in [-0.4, -0.2) is 25.2 Å². The third-order valence-electron chi connectivity index (χ3n) is 9.56. The van der Waals surface area contributed by atoms with E-state index in [1.165, 1.54) is 38.5 Å². The highest BCUT2D eigenvalue weighted by Gasteiger charge is 2.40. The molecule has 4 atom stereocenters. The van der Waals surface area contributed by atoms with Crippen molar-refractivity contribution in [1.29, 1.82) is 0 Å². The van der Waals surface area contributed by atoms with Gasteiger partial charge in [-0.2, -0.15) is 0 Å². The molecule has 4 heteroatoms. The molecule has 2 aliphatic carbocycles. The van der Waals surface area contributed by atoms with Gasteiger partial charge in [0.25, 0.3) is 0 Å². The number of ether oxygens (including phenoxy) is 2. The van der Waals surface area contributed by atoms with E-state index in [0.29, 0.717) is 13.2 Å². The first-order valence-electron chi connectivity index (χ1n) is 15.3. The second kappa shape index (κ2) is 13.8. The SMILES string of the molecule is C[C@@H]1C(=O)OCC1(C)C.C[C@@H]1CCCc2ccccc21.C[C@H]1C(=O)OCC1(C)C.C[C@H]1CCCc2ccccc21. The molecule has 0 N–H and O–H groups in total. The van der Waals surface area contributed by atoms with Gasteiger partial charge in [0.15, 0.2) is 0 Å². The second-order valence-corrected chi connectivity index (χ2v) is 13.6. The number of esters is 2. The summed E-state index contributed by atoms with van der Waals surface area (Å²) >= 11 is 0. The zero-order chi connectivity index (χ0) is 29.5. The van der Waals surface area contributed by atoms with E-state index in [0.717, 1.165) is 11.8 Å². The van der Waals surface area contributed by atoms with Crippen molar-refractivity contribution in [3.63, 3.8) is 0 Å². The van der Waals surface area contributed by atoms with Gasteiger partial charge in [-0.15, -0.1) is 0 Å². The van der Waals surface area contributed by atoms with Crippen molar-refractivity contribution in [1.82, 2.24) is 0 Å². The normalized spacial score (nSPS) is 27.1. The molecule has 0 saturated carbocycles. The third-order valence-corrected chi connectivity index (χ3v) is 9.56. The van der Waals surface area contributed by atoms with Crippen LogP contribution in [0.2, 0.25) is 0 Å². The van der Waals surface area contributed by atoms with Gasteiger partial charge in [-0.05, 0) is 72.6 Å². The first kappa shape index (κ1) is 31.9. The molecule has 40 heavy (non-hydrogen) atoms. The number of fused-ring (bicyclic) bond motifs is 2. The number of hydrogen-bond donors (Lipinski definition) is 0. The minimum atomic E-state index is -0.0556. The van der Waals surface area contributed by atoms with Crippen molar-refractivity contribution in [2.45, 2.75) is 106 Å². The Morgan fingerprint density at radius 1 is 0.600 bits per heavy atom. The number of carbonyl (C=O) groups excluding carboxylic acids is 2. The zero-order valence-corrected chi connectivity index (χ0v) is 26.2. The summed E-state index contributed by atoms with van der Waals surface area (Å²) < 4.78 is 9.68. The van der Waals surface area contributed by atoms with Crippen molar-refractivity contribution >= 4 is 11.9 Å². The molecular weight excluding hydrogens is 496 g/mol. The molecule has 220 valence electrons. The Labute approximate surface area is 243 Å². The number of carbonyl (C=O) groups is 2. The van der Waals surface area contributed by atoms with Crippen LogP contribution in [0.4, 0.5) is 0 Å². The maximum absolute atomic E-state index is 10.8. The van der Waals surface area contributed by atoms with Crippen molar-refractivity contribution in [2.75, 3.05) is 13.2 Å². The summed E-state index contributed by atoms with van der Waals surface area (Å²) in [7, 11) is 0. The van der Waals surface area contributed by atoms with Crippen LogP contribution in [0.1, 0.15) is 115 Å². The highest BCUT2D eigenvalue weighted by molar-refractivity contribution is 5.75. The number of cyclic esters (lactones) is 2. The molecule has 0 amide bonds. The van der Waals surface area contributed by atoms with E-state index in [2.05, 4.69) is 62.4 Å². The van der Waals surface area contributed by atoms with Gasteiger partial charge in [0.05, 0.1) is 25.0 Å². The quantitative estimate of drug-likeness (QED) is 0.309. The monoisotopic (exact) mass is 548 g/mol. The van der Waals surface area contributed by atoms with Crippen LogP contribution >= 0.6 is 0 Å². The Morgan fingerprint density at radius 2 is 0.950 bits per heavy atom. The van der Waals surface area contributed by atoms with Crippen molar-refractivity contribution < 1.29 is 19.1 Å². The lowest BCUT2D eigenvalue weighted by molar-refractivity contribution is -0.141. The molecule has 0 spiro atoms. The van der Waals surface area contributed by atoms with Crippen molar-refractivity contribution in [2.24, 2.45) is 22.7 Å². The van der Waals surface area contributed by atoms with Gasteiger partial charge >= 0.3 is 11.9 Å². The van der Waals surface area contributed by atoms with Crippen LogP contribution in [0.15, 0.2) is 48.5 Å². The highest BCUT2D eigenvalue weighted by Crippen LogP contribution is 2.34. The fourth-order valence-corrected chi connectivity index (χ4v) is 5.65. The fourth-order valence-electron chi connectivity index (χ4n) is 5.65. The highest BCUT2D eigenvalue weighted by atomic mass is 16.5. The summed E-state index contributed by atoms with van der Waals surface area (Å²) in [6.45, 7) is 17.8. The molecule has 0 radical (unpaired) electrons. The molecule has 2 fully saturated rings. The lowest BCUT2D eigenvalue weighted by Gasteiger charge is -2.21. The lowest BCUT2D eigenvalue weighted by atomic mass is 9.83. The average Bonchev–Trinajstić information content (AvgIpc) is 3.33. The Kier molecular flexibility index (Phi) is 11.0. The van der Waals surface area contributed by atoms with Crippen molar-refractivity contribution in [3.05, 3.63) is 70.8 Å². The summed E-state index contributed by atoms with van der Waals surface area (Å²) in [6, 6.07) is 17.7. The molecule has 2 aliphatic heterocycles. The van der Waals surface area contributed by atoms with Crippen LogP contribution in [0, 0.1) is 22.7 Å². The van der Waals surface area contributed by atoms with E-state index in [1.807, 2.05) is 41.5 Å². The minimum absolute atomic E-state index is 0.0527. The molecule has 6 rings (SSSR count). The molecule has 2 aromatic carbocycles. The van der Waals surface area contributed by atoms with Crippen LogP contribution in [0.25, 0.3) is 0 Å². The van der Waals surface area contributed by atoms with Gasteiger partial charge in [-0.1, -0.05) is 104 Å². The molecular formula is C36H52O4. The molecule has 0 aromatic heterocycles. The topological polar surface area (TPSA) is 52.6 Å². The molecule has 4 nitrogen and oxygen atoms in total. The Hall–Kier alpha value is -2.62. The Morgan fingerprint density at radius 3 is 1.20 bits per heavy atom. The van der Waals surface area contributed by atoms with Gasteiger partial charge in [0.2, 0.25) is 0 Å². The van der Waals surface area contributed by atoms with E-state index >= 15 is 0 Å². The smallest absolute Gasteiger partial charge is 0.309 e. The minimum Gasteiger partial charge on any atom is -0.465 e. The van der Waals surface area contributed by atoms with E-state index < -0.39 is 0 Å². The van der Waals surface area contributed by atoms with Gasteiger partial charge in [-0.3, -0.25) is 9.59 Å². The molecule has 0 bridgehead atoms. The third kappa shape index (κ3) is 8.21. The maximum atomic E-state index is 10.8.